The van der Waals surface area contributed by atoms with Gasteiger partial charge >= 0.3 is 0 Å². The molecule has 0 saturated carbocycles. The minimum atomic E-state index is -0.315. The van der Waals surface area contributed by atoms with Gasteiger partial charge in [-0.25, -0.2) is 9.97 Å². The molecule has 4 aromatic heterocycles. The highest BCUT2D eigenvalue weighted by Crippen LogP contribution is 2.47. The van der Waals surface area contributed by atoms with Crippen molar-refractivity contribution in [2.75, 3.05) is 0 Å². The van der Waals surface area contributed by atoms with Crippen LogP contribution < -0.4 is 10.3 Å². The van der Waals surface area contributed by atoms with Crippen LogP contribution >= 0.6 is 0 Å². The van der Waals surface area contributed by atoms with E-state index in [1.165, 1.54) is 4.57 Å². The lowest BCUT2D eigenvalue weighted by Gasteiger charge is -2.22. The van der Waals surface area contributed by atoms with E-state index >= 15 is 0 Å². The third kappa shape index (κ3) is 3.95. The molecule has 8 heteroatoms. The molecule has 206 valence electrons. The summed E-state index contributed by atoms with van der Waals surface area (Å²) in [6, 6.07) is 29.6. The fourth-order valence-electron chi connectivity index (χ4n) is 5.68. The molecule has 1 aliphatic rings. The highest BCUT2D eigenvalue weighted by molar-refractivity contribution is 6.12. The number of fused-ring (bicyclic) bond motifs is 4. The number of hydrogen-bond acceptors (Lipinski definition) is 7. The van der Waals surface area contributed by atoms with E-state index < -0.39 is 0 Å². The van der Waals surface area contributed by atoms with Crippen molar-refractivity contribution in [1.82, 2.24) is 24.7 Å². The highest BCUT2D eigenvalue weighted by atomic mass is 16.5. The zero-order chi connectivity index (χ0) is 29.1. The minimum Gasteiger partial charge on any atom is -0.438 e. The summed E-state index contributed by atoms with van der Waals surface area (Å²) in [4.78, 5) is 29.2. The maximum absolute atomic E-state index is 14.6. The molecule has 1 aliphatic heterocycles. The first-order valence-electron chi connectivity index (χ1n) is 13.9. The molecular weight excluding hydrogens is 538 g/mol. The van der Waals surface area contributed by atoms with Gasteiger partial charge in [-0.15, -0.1) is 0 Å². The molecule has 0 saturated heterocycles. The zero-order valence-electron chi connectivity index (χ0n) is 23.3. The van der Waals surface area contributed by atoms with Gasteiger partial charge in [0.25, 0.3) is 5.56 Å². The van der Waals surface area contributed by atoms with Crippen molar-refractivity contribution in [3.63, 3.8) is 0 Å². The number of para-hydroxylation sites is 1. The van der Waals surface area contributed by atoms with Crippen LogP contribution in [0.15, 0.2) is 100 Å². The largest absolute Gasteiger partial charge is 0.438 e. The molecule has 0 unspecified atom stereocenters. The summed E-state index contributed by atoms with van der Waals surface area (Å²) >= 11 is 0. The van der Waals surface area contributed by atoms with Crippen molar-refractivity contribution < 1.29 is 9.26 Å². The molecule has 8 nitrogen and oxygen atoms in total. The SMILES string of the molecule is Cc1noc(/C=C/c2ccccc2)c1-n1c(C)nc2nc3c4c(cc(-c5ccccc5)nc4c2c1=O)-c1ccccc1O3. The van der Waals surface area contributed by atoms with E-state index in [2.05, 4.69) is 5.16 Å². The topological polar surface area (TPSA) is 95.9 Å². The lowest BCUT2D eigenvalue weighted by atomic mass is 9.96. The maximum atomic E-state index is 14.6. The molecule has 0 radical (unpaired) electrons. The molecule has 0 spiro atoms. The van der Waals surface area contributed by atoms with Crippen molar-refractivity contribution in [1.29, 1.82) is 0 Å². The Labute approximate surface area is 245 Å². The van der Waals surface area contributed by atoms with Gasteiger partial charge in [0.15, 0.2) is 11.4 Å². The van der Waals surface area contributed by atoms with Crippen LogP contribution in [0.4, 0.5) is 0 Å². The highest BCUT2D eigenvalue weighted by Gasteiger charge is 2.28. The van der Waals surface area contributed by atoms with Crippen molar-refractivity contribution >= 4 is 34.1 Å². The Morgan fingerprint density at radius 1 is 0.767 bits per heavy atom. The predicted molar refractivity (Wildman–Crippen MR) is 166 cm³/mol. The summed E-state index contributed by atoms with van der Waals surface area (Å²) in [5.41, 5.74) is 5.97. The van der Waals surface area contributed by atoms with Gasteiger partial charge in [-0.2, -0.15) is 4.98 Å². The fraction of sp³-hybridized carbons (Fsp3) is 0.0571. The van der Waals surface area contributed by atoms with E-state index in [9.17, 15) is 4.79 Å². The standard InChI is InChI=1S/C35H23N5O3/c1-20-32(28(43-39-20)18-17-22-11-5-3-6-12-22)40-21(2)36-33-30(35(40)41)31-29-25(19-26(37-31)23-13-7-4-8-14-23)24-15-9-10-16-27(24)42-34(29)38-33/h3-19H,1-2H3/b18-17+. The quantitative estimate of drug-likeness (QED) is 0.205. The van der Waals surface area contributed by atoms with Crippen LogP contribution in [0.3, 0.4) is 0 Å². The first kappa shape index (κ1) is 24.9. The lowest BCUT2D eigenvalue weighted by molar-refractivity contribution is 0.408. The van der Waals surface area contributed by atoms with E-state index in [0.29, 0.717) is 50.9 Å². The van der Waals surface area contributed by atoms with Crippen LogP contribution in [0.2, 0.25) is 0 Å². The summed E-state index contributed by atoms with van der Waals surface area (Å²) in [5.74, 6) is 1.94. The number of hydrogen-bond donors (Lipinski definition) is 0. The third-order valence-electron chi connectivity index (χ3n) is 7.67. The Morgan fingerprint density at radius 3 is 2.33 bits per heavy atom. The summed E-state index contributed by atoms with van der Waals surface area (Å²) < 4.78 is 13.5. The molecular formula is C35H23N5O3. The number of aryl methyl sites for hydroxylation is 2. The number of ether oxygens (including phenoxy) is 1. The second-order valence-corrected chi connectivity index (χ2v) is 10.4. The number of nitrogens with zero attached hydrogens (tertiary/aromatic N) is 5. The molecule has 7 aromatic rings. The number of aromatic nitrogens is 5. The third-order valence-corrected chi connectivity index (χ3v) is 7.67. The van der Waals surface area contributed by atoms with E-state index in [1.54, 1.807) is 13.8 Å². The van der Waals surface area contributed by atoms with Gasteiger partial charge < -0.3 is 9.26 Å². The molecule has 8 rings (SSSR count). The van der Waals surface area contributed by atoms with Gasteiger partial charge in [0, 0.05) is 16.7 Å². The summed E-state index contributed by atoms with van der Waals surface area (Å²) in [6.45, 7) is 3.58. The Balaban J connectivity index is 1.44. The second kappa shape index (κ2) is 9.60. The number of rotatable bonds is 4. The fourth-order valence-corrected chi connectivity index (χ4v) is 5.68. The van der Waals surface area contributed by atoms with Gasteiger partial charge in [-0.3, -0.25) is 9.36 Å². The van der Waals surface area contributed by atoms with Crippen LogP contribution in [0, 0.1) is 13.8 Å². The van der Waals surface area contributed by atoms with Crippen LogP contribution in [-0.2, 0) is 0 Å². The van der Waals surface area contributed by atoms with Gasteiger partial charge in [0.2, 0.25) is 5.88 Å². The molecule has 0 atom stereocenters. The Bertz CT molecular complexity index is 2310. The molecule has 5 heterocycles. The van der Waals surface area contributed by atoms with E-state index in [4.69, 9.17) is 24.2 Å². The summed E-state index contributed by atoms with van der Waals surface area (Å²) in [5, 5.41) is 5.16. The van der Waals surface area contributed by atoms with Gasteiger partial charge in [-0.05, 0) is 37.6 Å². The molecule has 0 N–H and O–H groups in total. The average molecular weight is 562 g/mol. The average Bonchev–Trinajstić information content (AvgIpc) is 3.40. The molecule has 3 aromatic carbocycles. The van der Waals surface area contributed by atoms with Crippen LogP contribution in [0.1, 0.15) is 22.8 Å². The zero-order valence-corrected chi connectivity index (χ0v) is 23.3. The van der Waals surface area contributed by atoms with Crippen LogP contribution in [-0.4, -0.2) is 24.7 Å². The molecule has 43 heavy (non-hydrogen) atoms. The number of pyridine rings is 2. The predicted octanol–water partition coefficient (Wildman–Crippen LogP) is 7.54. The van der Waals surface area contributed by atoms with Crippen molar-refractivity contribution in [2.45, 2.75) is 13.8 Å². The second-order valence-electron chi connectivity index (χ2n) is 10.4. The first-order valence-corrected chi connectivity index (χ1v) is 13.9. The summed E-state index contributed by atoms with van der Waals surface area (Å²) in [6.07, 6.45) is 3.73. The first-order chi connectivity index (χ1) is 21.1. The van der Waals surface area contributed by atoms with Crippen molar-refractivity contribution in [2.24, 2.45) is 0 Å². The van der Waals surface area contributed by atoms with Crippen LogP contribution in [0.25, 0.3) is 62.2 Å². The van der Waals surface area contributed by atoms with E-state index in [-0.39, 0.29) is 11.2 Å². The maximum Gasteiger partial charge on any atom is 0.270 e. The van der Waals surface area contributed by atoms with Gasteiger partial charge in [0.1, 0.15) is 28.3 Å². The Morgan fingerprint density at radius 2 is 1.51 bits per heavy atom. The molecule has 0 aliphatic carbocycles. The smallest absolute Gasteiger partial charge is 0.270 e. The van der Waals surface area contributed by atoms with Gasteiger partial charge in [-0.1, -0.05) is 90.1 Å². The lowest BCUT2D eigenvalue weighted by Crippen LogP contribution is -2.24. The normalized spacial score (nSPS) is 12.1. The van der Waals surface area contributed by atoms with E-state index in [0.717, 1.165) is 27.9 Å². The monoisotopic (exact) mass is 561 g/mol. The number of benzene rings is 3. The Kier molecular flexibility index (Phi) is 5.55. The van der Waals surface area contributed by atoms with Crippen molar-refractivity contribution in [3.05, 3.63) is 124 Å². The van der Waals surface area contributed by atoms with Crippen molar-refractivity contribution in [3.8, 4) is 39.7 Å². The minimum absolute atomic E-state index is 0.264. The van der Waals surface area contributed by atoms with Gasteiger partial charge in [0.05, 0.1) is 16.6 Å². The molecule has 0 bridgehead atoms. The summed E-state index contributed by atoms with van der Waals surface area (Å²) in [7, 11) is 0. The van der Waals surface area contributed by atoms with E-state index in [1.807, 2.05) is 103 Å². The Hall–Kier alpha value is -5.89. The molecule has 0 amide bonds. The van der Waals surface area contributed by atoms with Crippen LogP contribution in [0.5, 0.6) is 11.6 Å². The molecule has 0 fully saturated rings.